The maximum atomic E-state index is 13.9. The van der Waals surface area contributed by atoms with Crippen LogP contribution in [-0.2, 0) is 16.4 Å². The van der Waals surface area contributed by atoms with E-state index in [9.17, 15) is 13.5 Å². The van der Waals surface area contributed by atoms with E-state index in [4.69, 9.17) is 0 Å². The van der Waals surface area contributed by atoms with Crippen LogP contribution in [0.4, 0.5) is 5.69 Å². The van der Waals surface area contributed by atoms with Gasteiger partial charge in [-0.05, 0) is 60.8 Å². The Kier molecular flexibility index (Phi) is 10.2. The van der Waals surface area contributed by atoms with E-state index in [-0.39, 0.29) is 5.75 Å². The Morgan fingerprint density at radius 1 is 0.919 bits per heavy atom. The molecule has 0 saturated heterocycles. The number of hydrogen-bond acceptors (Lipinski definition) is 5. The Hall–Kier alpha value is -1.89. The van der Waals surface area contributed by atoms with Crippen molar-refractivity contribution < 1.29 is 13.5 Å². The lowest BCUT2D eigenvalue weighted by Gasteiger charge is -2.40. The van der Waals surface area contributed by atoms with Crippen molar-refractivity contribution >= 4 is 15.5 Å². The molecule has 1 N–H and O–H groups in total. The highest BCUT2D eigenvalue weighted by atomic mass is 32.2. The van der Waals surface area contributed by atoms with Gasteiger partial charge in [0, 0.05) is 37.7 Å². The predicted octanol–water partition coefficient (Wildman–Crippen LogP) is 6.24. The summed E-state index contributed by atoms with van der Waals surface area (Å²) in [6.07, 6.45) is 4.42. The molecule has 0 radical (unpaired) electrons. The molecule has 0 amide bonds. The van der Waals surface area contributed by atoms with Gasteiger partial charge in [-0.25, -0.2) is 8.42 Å². The molecule has 2 aromatic rings. The number of sulfone groups is 1. The Morgan fingerprint density at radius 3 is 2.03 bits per heavy atom. The van der Waals surface area contributed by atoms with Gasteiger partial charge in [0.15, 0.2) is 9.84 Å². The number of aliphatic hydroxyl groups is 1. The molecule has 206 valence electrons. The zero-order valence-corrected chi connectivity index (χ0v) is 24.7. The van der Waals surface area contributed by atoms with Crippen LogP contribution in [0.3, 0.4) is 0 Å². The van der Waals surface area contributed by atoms with Crippen molar-refractivity contribution in [2.45, 2.75) is 89.7 Å². The molecule has 6 heteroatoms. The summed E-state index contributed by atoms with van der Waals surface area (Å²) in [6, 6.07) is 14.2. The lowest BCUT2D eigenvalue weighted by molar-refractivity contribution is 0.0127. The highest BCUT2D eigenvalue weighted by molar-refractivity contribution is 7.91. The van der Waals surface area contributed by atoms with Crippen LogP contribution >= 0.6 is 0 Å². The van der Waals surface area contributed by atoms with E-state index in [2.05, 4.69) is 56.9 Å². The smallest absolute Gasteiger partial charge is 0.179 e. The van der Waals surface area contributed by atoms with Crippen molar-refractivity contribution in [3.63, 3.8) is 0 Å². The van der Waals surface area contributed by atoms with Crippen LogP contribution in [0.15, 0.2) is 47.4 Å². The lowest BCUT2D eigenvalue weighted by Crippen LogP contribution is -2.43. The number of aliphatic hydroxyl groups excluding tert-OH is 1. The Balaban J connectivity index is 2.21. The number of nitrogens with zero attached hydrogens (tertiary/aromatic N) is 2. The van der Waals surface area contributed by atoms with E-state index in [0.717, 1.165) is 75.0 Å². The summed E-state index contributed by atoms with van der Waals surface area (Å²) in [5.41, 5.74) is 3.22. The van der Waals surface area contributed by atoms with Crippen LogP contribution in [0.25, 0.3) is 0 Å². The molecule has 0 unspecified atom stereocenters. The molecule has 1 aliphatic rings. The summed E-state index contributed by atoms with van der Waals surface area (Å²) in [7, 11) is 0.352. The fourth-order valence-electron chi connectivity index (χ4n) is 5.93. The van der Waals surface area contributed by atoms with Crippen LogP contribution in [0.1, 0.15) is 88.8 Å². The number of hydrogen-bond donors (Lipinski definition) is 1. The van der Waals surface area contributed by atoms with Crippen LogP contribution < -0.4 is 4.90 Å². The summed E-state index contributed by atoms with van der Waals surface area (Å²) in [5.74, 6) is -0.394. The summed E-state index contributed by atoms with van der Waals surface area (Å²) in [4.78, 5) is 4.75. The SMILES string of the molecule is CCCCC1(CCCC)CS(=O)(=O)c2ccc(N(C)C)cc2[C@@H](c2ccc(CN(CC)CC)cc2)[C@H]1O. The summed E-state index contributed by atoms with van der Waals surface area (Å²) < 4.78 is 27.9. The first-order valence-corrected chi connectivity index (χ1v) is 15.8. The molecule has 0 fully saturated rings. The first-order chi connectivity index (χ1) is 17.6. The first-order valence-electron chi connectivity index (χ1n) is 14.2. The second kappa shape index (κ2) is 12.8. The van der Waals surface area contributed by atoms with Crippen molar-refractivity contribution in [2.75, 3.05) is 37.8 Å². The van der Waals surface area contributed by atoms with E-state index in [1.54, 1.807) is 6.07 Å². The molecule has 0 aliphatic carbocycles. The predicted molar refractivity (Wildman–Crippen MR) is 155 cm³/mol. The number of fused-ring (bicyclic) bond motifs is 1. The standard InChI is InChI=1S/C31H48N2O3S/c1-7-11-19-31(20-12-8-2)23-37(35,36)28-18-17-26(32(5)6)21-27(28)29(30(31)34)25-15-13-24(14-16-25)22-33(9-3)10-4/h13-18,21,29-30,34H,7-12,19-20,22-23H2,1-6H3/t29-,30-/m1/s1. The Bertz CT molecular complexity index is 1100. The van der Waals surface area contributed by atoms with Crippen molar-refractivity contribution in [1.82, 2.24) is 4.90 Å². The van der Waals surface area contributed by atoms with Crippen LogP contribution in [-0.4, -0.2) is 57.5 Å². The van der Waals surface area contributed by atoms with Gasteiger partial charge in [-0.3, -0.25) is 4.90 Å². The topological polar surface area (TPSA) is 60.9 Å². The van der Waals surface area contributed by atoms with Crippen molar-refractivity contribution in [1.29, 1.82) is 0 Å². The second-order valence-corrected chi connectivity index (χ2v) is 13.0. The third-order valence-electron chi connectivity index (χ3n) is 8.30. The molecule has 2 atom stereocenters. The molecular weight excluding hydrogens is 480 g/mol. The Morgan fingerprint density at radius 2 is 1.51 bits per heavy atom. The fraction of sp³-hybridized carbons (Fsp3) is 0.613. The van der Waals surface area contributed by atoms with Crippen molar-refractivity contribution in [3.05, 3.63) is 59.2 Å². The van der Waals surface area contributed by atoms with E-state index in [0.29, 0.717) is 4.90 Å². The molecule has 1 heterocycles. The molecule has 2 aromatic carbocycles. The minimum atomic E-state index is -3.58. The molecular formula is C31H48N2O3S. The van der Waals surface area contributed by atoms with Crippen LogP contribution in [0.5, 0.6) is 0 Å². The highest BCUT2D eigenvalue weighted by Crippen LogP contribution is 2.50. The summed E-state index contributed by atoms with van der Waals surface area (Å²) >= 11 is 0. The normalized spacial score (nSPS) is 20.4. The van der Waals surface area contributed by atoms with E-state index in [1.165, 1.54) is 5.56 Å². The maximum absolute atomic E-state index is 13.9. The quantitative estimate of drug-likeness (QED) is 0.353. The maximum Gasteiger partial charge on any atom is 0.179 e. The van der Waals surface area contributed by atoms with Gasteiger partial charge in [-0.2, -0.15) is 0 Å². The number of rotatable bonds is 12. The van der Waals surface area contributed by atoms with E-state index in [1.807, 2.05) is 31.1 Å². The molecule has 1 aliphatic heterocycles. The minimum absolute atomic E-state index is 0.00597. The molecule has 37 heavy (non-hydrogen) atoms. The van der Waals surface area contributed by atoms with Gasteiger partial charge >= 0.3 is 0 Å². The largest absolute Gasteiger partial charge is 0.392 e. The van der Waals surface area contributed by atoms with Crippen LogP contribution in [0, 0.1) is 5.41 Å². The zero-order chi connectivity index (χ0) is 27.2. The molecule has 0 spiro atoms. The molecule has 0 bridgehead atoms. The highest BCUT2D eigenvalue weighted by Gasteiger charge is 2.49. The van der Waals surface area contributed by atoms with Gasteiger partial charge in [0.25, 0.3) is 0 Å². The molecule has 5 nitrogen and oxygen atoms in total. The number of unbranched alkanes of at least 4 members (excludes halogenated alkanes) is 2. The average molecular weight is 529 g/mol. The summed E-state index contributed by atoms with van der Waals surface area (Å²) in [5, 5.41) is 12.3. The number of benzene rings is 2. The van der Waals surface area contributed by atoms with Gasteiger partial charge in [0.1, 0.15) is 0 Å². The average Bonchev–Trinajstić information content (AvgIpc) is 2.95. The molecule has 0 aromatic heterocycles. The zero-order valence-electron chi connectivity index (χ0n) is 23.8. The van der Waals surface area contributed by atoms with Gasteiger partial charge in [-0.15, -0.1) is 0 Å². The van der Waals surface area contributed by atoms with Gasteiger partial charge in [0.05, 0.1) is 16.8 Å². The third kappa shape index (κ3) is 6.58. The first kappa shape index (κ1) is 29.7. The van der Waals surface area contributed by atoms with Crippen molar-refractivity contribution in [3.8, 4) is 0 Å². The minimum Gasteiger partial charge on any atom is -0.392 e. The number of anilines is 1. The fourth-order valence-corrected chi connectivity index (χ4v) is 8.12. The van der Waals surface area contributed by atoms with Crippen molar-refractivity contribution in [2.24, 2.45) is 5.41 Å². The lowest BCUT2D eigenvalue weighted by atomic mass is 9.68. The monoisotopic (exact) mass is 528 g/mol. The van der Waals surface area contributed by atoms with E-state index >= 15 is 0 Å². The van der Waals surface area contributed by atoms with Crippen LogP contribution in [0.2, 0.25) is 0 Å². The van der Waals surface area contributed by atoms with Gasteiger partial charge < -0.3 is 10.0 Å². The molecule has 3 rings (SSSR count). The van der Waals surface area contributed by atoms with Gasteiger partial charge in [-0.1, -0.05) is 77.6 Å². The third-order valence-corrected chi connectivity index (χ3v) is 10.3. The summed E-state index contributed by atoms with van der Waals surface area (Å²) in [6.45, 7) is 11.5. The van der Waals surface area contributed by atoms with E-state index < -0.39 is 27.3 Å². The molecule has 0 saturated carbocycles. The second-order valence-electron chi connectivity index (χ2n) is 11.1. The van der Waals surface area contributed by atoms with Gasteiger partial charge in [0.2, 0.25) is 0 Å². The Labute approximate surface area is 225 Å².